The van der Waals surface area contributed by atoms with Crippen LogP contribution in [-0.4, -0.2) is 19.3 Å². The summed E-state index contributed by atoms with van der Waals surface area (Å²) in [4.78, 5) is 16.7. The second-order valence-corrected chi connectivity index (χ2v) is 6.16. The van der Waals surface area contributed by atoms with E-state index in [1.807, 2.05) is 49.7 Å². The second-order valence-electron chi connectivity index (χ2n) is 6.16. The topological polar surface area (TPSA) is 76.5 Å². The van der Waals surface area contributed by atoms with E-state index in [-0.39, 0.29) is 11.1 Å². The van der Waals surface area contributed by atoms with Crippen molar-refractivity contribution < 1.29 is 0 Å². The standard InChI is InChI=1S/C20H21N5O/c1-4-17-18(11-21)20(26)25(23-19(17)5-2)12-15-6-7-16(10-14(15)3)24-9-8-22-13-24/h6-10,13H,4-5,12H2,1-3H3. The zero-order chi connectivity index (χ0) is 18.7. The van der Waals surface area contributed by atoms with Crippen LogP contribution >= 0.6 is 0 Å². The summed E-state index contributed by atoms with van der Waals surface area (Å²) in [7, 11) is 0. The molecule has 0 saturated carbocycles. The van der Waals surface area contributed by atoms with Gasteiger partial charge in [-0.2, -0.15) is 10.4 Å². The van der Waals surface area contributed by atoms with Crippen LogP contribution in [0, 0.1) is 18.3 Å². The number of nitriles is 1. The Balaban J connectivity index is 2.02. The third-order valence-corrected chi connectivity index (χ3v) is 4.59. The molecule has 0 bridgehead atoms. The zero-order valence-electron chi connectivity index (χ0n) is 15.2. The van der Waals surface area contributed by atoms with Gasteiger partial charge in [0.2, 0.25) is 0 Å². The number of benzene rings is 1. The number of aromatic nitrogens is 4. The first-order chi connectivity index (χ1) is 12.6. The fraction of sp³-hybridized carbons (Fsp3) is 0.300. The summed E-state index contributed by atoms with van der Waals surface area (Å²) in [5, 5.41) is 14.0. The molecule has 26 heavy (non-hydrogen) atoms. The molecule has 0 atom stereocenters. The number of aryl methyl sites for hydroxylation is 2. The molecule has 2 heterocycles. The molecule has 2 aromatic heterocycles. The second kappa shape index (κ2) is 7.36. The Morgan fingerprint density at radius 3 is 2.62 bits per heavy atom. The molecule has 1 aromatic carbocycles. The fourth-order valence-corrected chi connectivity index (χ4v) is 3.13. The van der Waals surface area contributed by atoms with Crippen molar-refractivity contribution in [3.05, 3.63) is 75.2 Å². The van der Waals surface area contributed by atoms with Crippen molar-refractivity contribution in [2.45, 2.75) is 40.2 Å². The van der Waals surface area contributed by atoms with E-state index >= 15 is 0 Å². The van der Waals surface area contributed by atoms with E-state index in [0.29, 0.717) is 19.4 Å². The lowest BCUT2D eigenvalue weighted by Crippen LogP contribution is -2.29. The molecule has 0 fully saturated rings. The SMILES string of the molecule is CCc1nn(Cc2ccc(-n3ccnc3)cc2C)c(=O)c(C#N)c1CC. The summed E-state index contributed by atoms with van der Waals surface area (Å²) in [6.45, 7) is 6.29. The van der Waals surface area contributed by atoms with Crippen molar-refractivity contribution in [2.75, 3.05) is 0 Å². The Morgan fingerprint density at radius 2 is 2.04 bits per heavy atom. The van der Waals surface area contributed by atoms with E-state index in [9.17, 15) is 10.1 Å². The first-order valence-electron chi connectivity index (χ1n) is 8.69. The highest BCUT2D eigenvalue weighted by Gasteiger charge is 2.15. The molecular weight excluding hydrogens is 326 g/mol. The molecule has 0 aliphatic carbocycles. The fourth-order valence-electron chi connectivity index (χ4n) is 3.13. The van der Waals surface area contributed by atoms with Crippen molar-refractivity contribution in [1.29, 1.82) is 5.26 Å². The molecule has 0 radical (unpaired) electrons. The van der Waals surface area contributed by atoms with Gasteiger partial charge in [0.15, 0.2) is 0 Å². The van der Waals surface area contributed by atoms with Gasteiger partial charge in [-0.1, -0.05) is 19.9 Å². The average Bonchev–Trinajstić information content (AvgIpc) is 3.18. The van der Waals surface area contributed by atoms with Gasteiger partial charge in [-0.3, -0.25) is 4.79 Å². The number of hydrogen-bond donors (Lipinski definition) is 0. The van der Waals surface area contributed by atoms with Crippen LogP contribution in [0.25, 0.3) is 5.69 Å². The molecule has 0 aliphatic heterocycles. The molecule has 0 unspecified atom stereocenters. The van der Waals surface area contributed by atoms with Gasteiger partial charge in [-0.25, -0.2) is 9.67 Å². The maximum atomic E-state index is 12.7. The average molecular weight is 347 g/mol. The van der Waals surface area contributed by atoms with E-state index in [4.69, 9.17) is 0 Å². The van der Waals surface area contributed by atoms with Gasteiger partial charge in [0.1, 0.15) is 11.6 Å². The molecule has 0 amide bonds. The maximum absolute atomic E-state index is 12.7. The van der Waals surface area contributed by atoms with Crippen LogP contribution in [-0.2, 0) is 19.4 Å². The predicted molar refractivity (Wildman–Crippen MR) is 99.4 cm³/mol. The minimum absolute atomic E-state index is 0.215. The van der Waals surface area contributed by atoms with E-state index in [2.05, 4.69) is 16.2 Å². The van der Waals surface area contributed by atoms with Crippen molar-refractivity contribution in [3.8, 4) is 11.8 Å². The largest absolute Gasteiger partial charge is 0.306 e. The predicted octanol–water partition coefficient (Wildman–Crippen LogP) is 2.78. The zero-order valence-corrected chi connectivity index (χ0v) is 15.2. The van der Waals surface area contributed by atoms with Crippen LogP contribution in [0.15, 0.2) is 41.7 Å². The lowest BCUT2D eigenvalue weighted by molar-refractivity contribution is 0.610. The van der Waals surface area contributed by atoms with Crippen molar-refractivity contribution >= 4 is 0 Å². The Labute approximate surface area is 152 Å². The first kappa shape index (κ1) is 17.6. The summed E-state index contributed by atoms with van der Waals surface area (Å²) in [5.74, 6) is 0. The number of nitrogens with zero attached hydrogens (tertiary/aromatic N) is 5. The van der Waals surface area contributed by atoms with Gasteiger partial charge < -0.3 is 4.57 Å². The van der Waals surface area contributed by atoms with Gasteiger partial charge in [0.05, 0.1) is 18.6 Å². The molecule has 0 aliphatic rings. The molecule has 3 aromatic rings. The molecule has 0 N–H and O–H groups in total. The molecule has 6 heteroatoms. The van der Waals surface area contributed by atoms with Crippen LogP contribution in [0.4, 0.5) is 0 Å². The quantitative estimate of drug-likeness (QED) is 0.711. The van der Waals surface area contributed by atoms with E-state index in [1.54, 1.807) is 12.5 Å². The number of rotatable bonds is 5. The molecular formula is C20H21N5O. The lowest BCUT2D eigenvalue weighted by Gasteiger charge is -2.14. The van der Waals surface area contributed by atoms with Crippen molar-refractivity contribution in [1.82, 2.24) is 19.3 Å². The number of hydrogen-bond acceptors (Lipinski definition) is 4. The highest BCUT2D eigenvalue weighted by atomic mass is 16.1. The Kier molecular flexibility index (Phi) is 4.99. The first-order valence-corrected chi connectivity index (χ1v) is 8.69. The lowest BCUT2D eigenvalue weighted by atomic mass is 10.0. The number of imidazole rings is 1. The minimum atomic E-state index is -0.320. The monoisotopic (exact) mass is 347 g/mol. The molecule has 3 rings (SSSR count). The van der Waals surface area contributed by atoms with Crippen LogP contribution in [0.2, 0.25) is 0 Å². The van der Waals surface area contributed by atoms with Gasteiger partial charge in [-0.05, 0) is 48.6 Å². The summed E-state index contributed by atoms with van der Waals surface area (Å²) < 4.78 is 3.34. The van der Waals surface area contributed by atoms with Crippen molar-refractivity contribution in [2.24, 2.45) is 0 Å². The molecule has 6 nitrogen and oxygen atoms in total. The van der Waals surface area contributed by atoms with Gasteiger partial charge in [0, 0.05) is 18.1 Å². The van der Waals surface area contributed by atoms with Gasteiger partial charge in [-0.15, -0.1) is 0 Å². The van der Waals surface area contributed by atoms with E-state index in [1.165, 1.54) is 4.68 Å². The van der Waals surface area contributed by atoms with E-state index < -0.39 is 0 Å². The van der Waals surface area contributed by atoms with E-state index in [0.717, 1.165) is 28.1 Å². The normalized spacial score (nSPS) is 10.7. The Bertz CT molecular complexity index is 1030. The highest BCUT2D eigenvalue weighted by Crippen LogP contribution is 2.16. The Morgan fingerprint density at radius 1 is 1.23 bits per heavy atom. The van der Waals surface area contributed by atoms with Gasteiger partial charge >= 0.3 is 0 Å². The summed E-state index contributed by atoms with van der Waals surface area (Å²) in [5.41, 5.74) is 4.54. The van der Waals surface area contributed by atoms with Gasteiger partial charge in [0.25, 0.3) is 5.56 Å². The molecule has 0 saturated heterocycles. The van der Waals surface area contributed by atoms with Crippen LogP contribution < -0.4 is 5.56 Å². The molecule has 0 spiro atoms. The minimum Gasteiger partial charge on any atom is -0.306 e. The third-order valence-electron chi connectivity index (χ3n) is 4.59. The van der Waals surface area contributed by atoms with Crippen LogP contribution in [0.3, 0.4) is 0 Å². The summed E-state index contributed by atoms with van der Waals surface area (Å²) in [6.07, 6.45) is 6.69. The van der Waals surface area contributed by atoms with Crippen LogP contribution in [0.1, 0.15) is 41.8 Å². The van der Waals surface area contributed by atoms with Crippen LogP contribution in [0.5, 0.6) is 0 Å². The molecule has 132 valence electrons. The highest BCUT2D eigenvalue weighted by molar-refractivity contribution is 5.41. The smallest absolute Gasteiger partial charge is 0.285 e. The Hall–Kier alpha value is -3.20. The maximum Gasteiger partial charge on any atom is 0.285 e. The summed E-state index contributed by atoms with van der Waals surface area (Å²) in [6, 6.07) is 8.10. The van der Waals surface area contributed by atoms with Crippen molar-refractivity contribution in [3.63, 3.8) is 0 Å². The summed E-state index contributed by atoms with van der Waals surface area (Å²) >= 11 is 0. The third kappa shape index (κ3) is 3.16.